The Kier molecular flexibility index (Phi) is 6.24. The van der Waals surface area contributed by atoms with E-state index < -0.39 is 0 Å². The lowest BCUT2D eigenvalue weighted by atomic mass is 10.1. The molecule has 6 nitrogen and oxygen atoms in total. The van der Waals surface area contributed by atoms with Crippen molar-refractivity contribution in [2.75, 3.05) is 10.6 Å². The molecule has 0 fully saturated rings. The second kappa shape index (κ2) is 9.80. The van der Waals surface area contributed by atoms with Crippen molar-refractivity contribution in [3.05, 3.63) is 129 Å². The summed E-state index contributed by atoms with van der Waals surface area (Å²) >= 11 is 0. The summed E-state index contributed by atoms with van der Waals surface area (Å²) in [5, 5.41) is 8.79. The highest BCUT2D eigenvalue weighted by molar-refractivity contribution is 5.89. The van der Waals surface area contributed by atoms with Gasteiger partial charge in [-0.2, -0.15) is 0 Å². The molecule has 1 aliphatic heterocycles. The predicted molar refractivity (Wildman–Crippen MR) is 141 cm³/mol. The summed E-state index contributed by atoms with van der Waals surface area (Å²) in [5.41, 5.74) is 4.67. The Balaban J connectivity index is 1.94. The van der Waals surface area contributed by atoms with Crippen LogP contribution in [0.4, 0.5) is 11.4 Å². The van der Waals surface area contributed by atoms with E-state index in [0.29, 0.717) is 11.4 Å². The Hall–Kier alpha value is -4.84. The molecule has 4 aromatic carbocycles. The molecule has 0 aromatic heterocycles. The lowest BCUT2D eigenvalue weighted by Gasteiger charge is -2.11. The normalized spacial score (nSPS) is 17.1. The summed E-state index contributed by atoms with van der Waals surface area (Å²) in [5.74, 6) is -0.299. The molecule has 0 aliphatic carbocycles. The average molecular weight is 473 g/mol. The van der Waals surface area contributed by atoms with Crippen LogP contribution >= 0.6 is 0 Å². The molecule has 176 valence electrons. The fourth-order valence-electron chi connectivity index (χ4n) is 4.20. The van der Waals surface area contributed by atoms with Crippen LogP contribution in [0.2, 0.25) is 0 Å². The third-order valence-corrected chi connectivity index (χ3v) is 5.70. The first-order chi connectivity index (χ1) is 17.5. The number of nitrogens with zero attached hydrogens (tertiary/aromatic N) is 2. The van der Waals surface area contributed by atoms with E-state index in [9.17, 15) is 9.59 Å². The van der Waals surface area contributed by atoms with Gasteiger partial charge in [-0.1, -0.05) is 60.7 Å². The molecule has 0 atom stereocenters. The molecule has 2 N–H and O–H groups in total. The maximum atomic E-state index is 11.8. The second-order valence-corrected chi connectivity index (χ2v) is 8.48. The lowest BCUT2D eigenvalue weighted by Crippen LogP contribution is -2.35. The lowest BCUT2D eigenvalue weighted by molar-refractivity contribution is -0.115. The van der Waals surface area contributed by atoms with Gasteiger partial charge in [-0.05, 0) is 36.4 Å². The highest BCUT2D eigenvalue weighted by atomic mass is 16.2. The standard InChI is InChI=1S/C30H24N4O2/c1-19(35)31-23-13-15-27-25(17-23)29(21-9-5-3-6-10-21)34-28-16-14-24(32-20(2)36)18-26(28)30(33-27)22-11-7-4-8-12-22/h3-18H,1-2H3,(H,31,35)(H,32,36)/b29-25-,30-26-,33-27+,33-30?,34-28+,34-29?. The summed E-state index contributed by atoms with van der Waals surface area (Å²) in [4.78, 5) is 33.8. The molecular formula is C30H24N4O2. The number of carbonyl (C=O) groups excluding carboxylic acids is 2. The van der Waals surface area contributed by atoms with Crippen LogP contribution in [0.3, 0.4) is 0 Å². The van der Waals surface area contributed by atoms with Gasteiger partial charge >= 0.3 is 0 Å². The van der Waals surface area contributed by atoms with Gasteiger partial charge in [-0.3, -0.25) is 9.59 Å². The zero-order chi connectivity index (χ0) is 25.1. The number of fused-ring (bicyclic) bond motifs is 2. The minimum atomic E-state index is -0.150. The van der Waals surface area contributed by atoms with Crippen molar-refractivity contribution in [2.45, 2.75) is 13.8 Å². The maximum absolute atomic E-state index is 11.8. The van der Waals surface area contributed by atoms with E-state index in [2.05, 4.69) is 10.6 Å². The molecule has 0 radical (unpaired) electrons. The quantitative estimate of drug-likeness (QED) is 0.479. The van der Waals surface area contributed by atoms with Gasteiger partial charge in [0.05, 0.1) is 22.1 Å². The number of amides is 2. The Morgan fingerprint density at radius 3 is 1.31 bits per heavy atom. The van der Waals surface area contributed by atoms with E-state index in [1.54, 1.807) is 0 Å². The number of anilines is 2. The largest absolute Gasteiger partial charge is 0.326 e. The summed E-state index contributed by atoms with van der Waals surface area (Å²) < 4.78 is 0. The molecule has 6 heteroatoms. The summed E-state index contributed by atoms with van der Waals surface area (Å²) in [6.07, 6.45) is 0. The van der Waals surface area contributed by atoms with E-state index in [4.69, 9.17) is 9.98 Å². The number of carbonyl (C=O) groups is 2. The van der Waals surface area contributed by atoms with Gasteiger partial charge in [0, 0.05) is 46.8 Å². The molecule has 5 rings (SSSR count). The van der Waals surface area contributed by atoms with Gasteiger partial charge in [0.2, 0.25) is 11.8 Å². The van der Waals surface area contributed by atoms with Crippen LogP contribution in [0.1, 0.15) is 25.0 Å². The van der Waals surface area contributed by atoms with Crippen molar-refractivity contribution in [3.8, 4) is 0 Å². The molecule has 0 unspecified atom stereocenters. The third-order valence-electron chi connectivity index (χ3n) is 5.70. The molecule has 1 aliphatic rings. The molecule has 0 spiro atoms. The molecule has 4 aromatic rings. The van der Waals surface area contributed by atoms with Crippen LogP contribution in [-0.4, -0.2) is 11.8 Å². The van der Waals surface area contributed by atoms with Crippen molar-refractivity contribution in [1.29, 1.82) is 0 Å². The van der Waals surface area contributed by atoms with Crippen LogP contribution in [0.15, 0.2) is 107 Å². The van der Waals surface area contributed by atoms with Gasteiger partial charge < -0.3 is 10.6 Å². The van der Waals surface area contributed by atoms with Crippen LogP contribution in [0.25, 0.3) is 11.4 Å². The van der Waals surface area contributed by atoms with Gasteiger partial charge in [0.1, 0.15) is 0 Å². The second-order valence-electron chi connectivity index (χ2n) is 8.48. The van der Waals surface area contributed by atoms with Crippen LogP contribution in [-0.2, 0) is 9.59 Å². The molecule has 0 saturated carbocycles. The number of nitrogens with one attached hydrogen (secondary N) is 2. The predicted octanol–water partition coefficient (Wildman–Crippen LogP) is 2.87. The van der Waals surface area contributed by atoms with Crippen molar-refractivity contribution in [3.63, 3.8) is 0 Å². The van der Waals surface area contributed by atoms with E-state index in [1.807, 2.05) is 97.1 Å². The van der Waals surface area contributed by atoms with E-state index in [0.717, 1.165) is 43.7 Å². The Morgan fingerprint density at radius 1 is 0.556 bits per heavy atom. The van der Waals surface area contributed by atoms with Crippen molar-refractivity contribution >= 4 is 34.6 Å². The number of benzene rings is 4. The molecule has 0 bridgehead atoms. The molecule has 1 heterocycles. The number of rotatable bonds is 4. The fourth-order valence-corrected chi connectivity index (χ4v) is 4.20. The summed E-state index contributed by atoms with van der Waals surface area (Å²) in [6.45, 7) is 2.97. The minimum absolute atomic E-state index is 0.150. The van der Waals surface area contributed by atoms with Crippen LogP contribution < -0.4 is 31.8 Å². The third kappa shape index (κ3) is 4.83. The minimum Gasteiger partial charge on any atom is -0.326 e. The van der Waals surface area contributed by atoms with Gasteiger partial charge in [-0.15, -0.1) is 0 Å². The Labute approximate surface area is 208 Å². The highest BCUT2D eigenvalue weighted by Gasteiger charge is 2.11. The smallest absolute Gasteiger partial charge is 0.221 e. The van der Waals surface area contributed by atoms with Crippen LogP contribution in [0, 0.1) is 0 Å². The van der Waals surface area contributed by atoms with Gasteiger partial charge in [0.25, 0.3) is 0 Å². The summed E-state index contributed by atoms with van der Waals surface area (Å²) in [6, 6.07) is 31.1. The monoisotopic (exact) mass is 472 g/mol. The zero-order valence-electron chi connectivity index (χ0n) is 19.9. The number of hydrogen-bond acceptors (Lipinski definition) is 4. The van der Waals surface area contributed by atoms with Crippen molar-refractivity contribution in [2.24, 2.45) is 9.98 Å². The van der Waals surface area contributed by atoms with Crippen molar-refractivity contribution in [1.82, 2.24) is 0 Å². The van der Waals surface area contributed by atoms with E-state index in [1.165, 1.54) is 13.8 Å². The van der Waals surface area contributed by atoms with Crippen molar-refractivity contribution < 1.29 is 9.59 Å². The van der Waals surface area contributed by atoms with Gasteiger partial charge in [0.15, 0.2) is 0 Å². The highest BCUT2D eigenvalue weighted by Crippen LogP contribution is 2.16. The number of hydrogen-bond donors (Lipinski definition) is 2. The fraction of sp³-hybridized carbons (Fsp3) is 0.0667. The molecule has 36 heavy (non-hydrogen) atoms. The Morgan fingerprint density at radius 2 is 0.944 bits per heavy atom. The molecular weight excluding hydrogens is 448 g/mol. The zero-order valence-corrected chi connectivity index (χ0v) is 19.9. The van der Waals surface area contributed by atoms with Crippen LogP contribution in [0.5, 0.6) is 0 Å². The Bertz CT molecular complexity index is 1600. The van der Waals surface area contributed by atoms with E-state index in [-0.39, 0.29) is 11.8 Å². The molecule has 0 saturated heterocycles. The SMILES string of the molecule is CC(=O)Nc1ccc2/c(c1)=C(c1ccccc1)\N=c1/ccc(NC(C)=O)c/c1=C(c1ccccc1)/N=2. The first-order valence-electron chi connectivity index (χ1n) is 11.6. The maximum Gasteiger partial charge on any atom is 0.221 e. The first-order valence-corrected chi connectivity index (χ1v) is 11.6. The van der Waals surface area contributed by atoms with Gasteiger partial charge in [-0.25, -0.2) is 9.98 Å². The molecule has 2 amide bonds. The first kappa shape index (κ1) is 22.9. The summed E-state index contributed by atoms with van der Waals surface area (Å²) in [7, 11) is 0. The topological polar surface area (TPSA) is 82.9 Å². The average Bonchev–Trinajstić information content (AvgIpc) is 2.86. The van der Waals surface area contributed by atoms with E-state index >= 15 is 0 Å².